The summed E-state index contributed by atoms with van der Waals surface area (Å²) in [5.74, 6) is 1.59. The predicted octanol–water partition coefficient (Wildman–Crippen LogP) is 2.52. The molecular formula is C15H24N2O. The molecule has 3 nitrogen and oxygen atoms in total. The standard InChI is InChI=1S/C15H24N2O/c1-11(2)14-9-16-12(3)10-17(14)13-7-5-6-8-15(13)18-4/h5-8,11-12,14,16H,9-10H2,1-4H3. The molecule has 1 saturated heterocycles. The summed E-state index contributed by atoms with van der Waals surface area (Å²) < 4.78 is 5.50. The highest BCUT2D eigenvalue weighted by Crippen LogP contribution is 2.32. The van der Waals surface area contributed by atoms with Gasteiger partial charge in [-0.05, 0) is 25.0 Å². The summed E-state index contributed by atoms with van der Waals surface area (Å²) in [7, 11) is 1.74. The Morgan fingerprint density at radius 2 is 2.06 bits per heavy atom. The molecule has 0 saturated carbocycles. The molecule has 0 aromatic heterocycles. The first-order chi connectivity index (χ1) is 8.63. The fourth-order valence-corrected chi connectivity index (χ4v) is 2.67. The molecule has 1 aromatic carbocycles. The lowest BCUT2D eigenvalue weighted by molar-refractivity contribution is 0.343. The van der Waals surface area contributed by atoms with Crippen LogP contribution >= 0.6 is 0 Å². The Hall–Kier alpha value is -1.22. The van der Waals surface area contributed by atoms with Crippen LogP contribution in [-0.4, -0.2) is 32.3 Å². The van der Waals surface area contributed by atoms with Gasteiger partial charge in [-0.25, -0.2) is 0 Å². The Balaban J connectivity index is 2.32. The Bertz CT molecular complexity index is 392. The van der Waals surface area contributed by atoms with Crippen molar-refractivity contribution in [1.29, 1.82) is 0 Å². The van der Waals surface area contributed by atoms with Gasteiger partial charge in [-0.15, -0.1) is 0 Å². The highest BCUT2D eigenvalue weighted by atomic mass is 16.5. The number of piperazine rings is 1. The van der Waals surface area contributed by atoms with Crippen molar-refractivity contribution in [3.05, 3.63) is 24.3 Å². The summed E-state index contributed by atoms with van der Waals surface area (Å²) in [6.07, 6.45) is 0. The minimum absolute atomic E-state index is 0.518. The molecule has 1 heterocycles. The van der Waals surface area contributed by atoms with Crippen LogP contribution in [0.2, 0.25) is 0 Å². The van der Waals surface area contributed by atoms with E-state index >= 15 is 0 Å². The van der Waals surface area contributed by atoms with Crippen molar-refractivity contribution in [1.82, 2.24) is 5.32 Å². The van der Waals surface area contributed by atoms with Crippen LogP contribution in [0.4, 0.5) is 5.69 Å². The third-order valence-electron chi connectivity index (χ3n) is 3.71. The lowest BCUT2D eigenvalue weighted by Gasteiger charge is -2.43. The van der Waals surface area contributed by atoms with E-state index in [1.807, 2.05) is 12.1 Å². The average molecular weight is 248 g/mol. The van der Waals surface area contributed by atoms with E-state index in [1.165, 1.54) is 5.69 Å². The highest BCUT2D eigenvalue weighted by Gasteiger charge is 2.29. The minimum atomic E-state index is 0.518. The van der Waals surface area contributed by atoms with Crippen LogP contribution < -0.4 is 15.0 Å². The number of methoxy groups -OCH3 is 1. The normalized spacial score (nSPS) is 24.4. The first-order valence-electron chi connectivity index (χ1n) is 6.76. The summed E-state index contributed by atoms with van der Waals surface area (Å²) in [6.45, 7) is 8.87. The molecule has 1 aromatic rings. The van der Waals surface area contributed by atoms with E-state index in [4.69, 9.17) is 4.74 Å². The van der Waals surface area contributed by atoms with Crippen LogP contribution in [-0.2, 0) is 0 Å². The van der Waals surface area contributed by atoms with Crippen molar-refractivity contribution < 1.29 is 4.74 Å². The Morgan fingerprint density at radius 1 is 1.33 bits per heavy atom. The van der Waals surface area contributed by atoms with E-state index in [2.05, 4.69) is 43.1 Å². The third kappa shape index (κ3) is 2.61. The summed E-state index contributed by atoms with van der Waals surface area (Å²) in [5, 5.41) is 3.57. The van der Waals surface area contributed by atoms with Crippen molar-refractivity contribution in [2.75, 3.05) is 25.1 Å². The molecule has 18 heavy (non-hydrogen) atoms. The molecule has 3 heteroatoms. The molecule has 1 N–H and O–H groups in total. The van der Waals surface area contributed by atoms with Crippen LogP contribution in [0.25, 0.3) is 0 Å². The van der Waals surface area contributed by atoms with Gasteiger partial charge >= 0.3 is 0 Å². The summed E-state index contributed by atoms with van der Waals surface area (Å²) in [6, 6.07) is 9.36. The largest absolute Gasteiger partial charge is 0.495 e. The van der Waals surface area contributed by atoms with Gasteiger partial charge < -0.3 is 15.0 Å². The number of benzene rings is 1. The molecule has 0 bridgehead atoms. The second-order valence-corrected chi connectivity index (χ2v) is 5.44. The quantitative estimate of drug-likeness (QED) is 0.889. The molecule has 2 atom stereocenters. The molecule has 100 valence electrons. The molecule has 0 amide bonds. The zero-order valence-corrected chi connectivity index (χ0v) is 11.8. The molecule has 1 aliphatic heterocycles. The van der Waals surface area contributed by atoms with Crippen LogP contribution in [0.15, 0.2) is 24.3 Å². The maximum absolute atomic E-state index is 5.50. The Morgan fingerprint density at radius 3 is 2.72 bits per heavy atom. The number of hydrogen-bond donors (Lipinski definition) is 1. The number of hydrogen-bond acceptors (Lipinski definition) is 3. The topological polar surface area (TPSA) is 24.5 Å². The molecule has 1 fully saturated rings. The average Bonchev–Trinajstić information content (AvgIpc) is 2.38. The van der Waals surface area contributed by atoms with Crippen molar-refractivity contribution in [2.45, 2.75) is 32.9 Å². The van der Waals surface area contributed by atoms with Crippen LogP contribution in [0.1, 0.15) is 20.8 Å². The monoisotopic (exact) mass is 248 g/mol. The van der Waals surface area contributed by atoms with Gasteiger partial charge in [-0.2, -0.15) is 0 Å². The zero-order valence-electron chi connectivity index (χ0n) is 11.8. The second kappa shape index (κ2) is 5.61. The molecule has 0 radical (unpaired) electrons. The molecular weight excluding hydrogens is 224 g/mol. The number of anilines is 1. The maximum atomic E-state index is 5.50. The van der Waals surface area contributed by atoms with Gasteiger partial charge in [0.25, 0.3) is 0 Å². The first kappa shape index (κ1) is 13.2. The number of rotatable bonds is 3. The fourth-order valence-electron chi connectivity index (χ4n) is 2.67. The van der Waals surface area contributed by atoms with Crippen molar-refractivity contribution in [3.8, 4) is 5.75 Å². The molecule has 0 aliphatic carbocycles. The Kier molecular flexibility index (Phi) is 4.12. The van der Waals surface area contributed by atoms with Crippen molar-refractivity contribution in [2.24, 2.45) is 5.92 Å². The van der Waals surface area contributed by atoms with Crippen LogP contribution in [0.5, 0.6) is 5.75 Å². The van der Waals surface area contributed by atoms with Gasteiger partial charge in [0.1, 0.15) is 5.75 Å². The zero-order chi connectivity index (χ0) is 13.1. The van der Waals surface area contributed by atoms with Gasteiger partial charge in [0.15, 0.2) is 0 Å². The molecule has 0 spiro atoms. The van der Waals surface area contributed by atoms with Crippen molar-refractivity contribution >= 4 is 5.69 Å². The predicted molar refractivity (Wildman–Crippen MR) is 76.4 cm³/mol. The smallest absolute Gasteiger partial charge is 0.142 e. The van der Waals surface area contributed by atoms with Gasteiger partial charge in [0, 0.05) is 25.2 Å². The summed E-state index contributed by atoms with van der Waals surface area (Å²) in [4.78, 5) is 2.49. The summed E-state index contributed by atoms with van der Waals surface area (Å²) in [5.41, 5.74) is 1.21. The van der Waals surface area contributed by atoms with Crippen molar-refractivity contribution in [3.63, 3.8) is 0 Å². The third-order valence-corrected chi connectivity index (χ3v) is 3.71. The van der Waals surface area contributed by atoms with Gasteiger partial charge in [-0.3, -0.25) is 0 Å². The molecule has 2 unspecified atom stereocenters. The Labute approximate surface area is 110 Å². The lowest BCUT2D eigenvalue weighted by Crippen LogP contribution is -2.57. The number of nitrogens with zero attached hydrogens (tertiary/aromatic N) is 1. The molecule has 1 aliphatic rings. The fraction of sp³-hybridized carbons (Fsp3) is 0.600. The van der Waals surface area contributed by atoms with Gasteiger partial charge in [0.05, 0.1) is 12.8 Å². The van der Waals surface area contributed by atoms with E-state index in [-0.39, 0.29) is 0 Å². The van der Waals surface area contributed by atoms with Crippen LogP contribution in [0, 0.1) is 5.92 Å². The first-order valence-corrected chi connectivity index (χ1v) is 6.76. The van der Waals surface area contributed by atoms with Gasteiger partial charge in [-0.1, -0.05) is 26.0 Å². The van der Waals surface area contributed by atoms with E-state index < -0.39 is 0 Å². The number of para-hydroxylation sites is 2. The lowest BCUT2D eigenvalue weighted by atomic mass is 9.98. The minimum Gasteiger partial charge on any atom is -0.495 e. The van der Waals surface area contributed by atoms with E-state index in [1.54, 1.807) is 7.11 Å². The van der Waals surface area contributed by atoms with E-state index in [9.17, 15) is 0 Å². The SMILES string of the molecule is COc1ccccc1N1CC(C)NCC1C(C)C. The van der Waals surface area contributed by atoms with E-state index in [0.717, 1.165) is 18.8 Å². The van der Waals surface area contributed by atoms with Gasteiger partial charge in [0.2, 0.25) is 0 Å². The van der Waals surface area contributed by atoms with E-state index in [0.29, 0.717) is 18.0 Å². The molecule has 2 rings (SSSR count). The number of nitrogens with one attached hydrogen (secondary N) is 1. The maximum Gasteiger partial charge on any atom is 0.142 e. The second-order valence-electron chi connectivity index (χ2n) is 5.44. The highest BCUT2D eigenvalue weighted by molar-refractivity contribution is 5.59. The summed E-state index contributed by atoms with van der Waals surface area (Å²) >= 11 is 0. The van der Waals surface area contributed by atoms with Crippen LogP contribution in [0.3, 0.4) is 0 Å². The number of ether oxygens (including phenoxy) is 1.